The maximum Gasteiger partial charge on any atom is 0.0710 e. The minimum Gasteiger partial charge on any atom is -0.392 e. The molecule has 0 aliphatic carbocycles. The third-order valence-corrected chi connectivity index (χ3v) is 4.97. The molecule has 0 heterocycles. The summed E-state index contributed by atoms with van der Waals surface area (Å²) in [5.41, 5.74) is 1.16. The molecule has 1 N–H and O–H groups in total. The number of aliphatic hydroxyl groups excluding tert-OH is 1. The van der Waals surface area contributed by atoms with Crippen LogP contribution in [0.5, 0.6) is 0 Å². The van der Waals surface area contributed by atoms with E-state index in [1.807, 2.05) is 45.0 Å². The number of aliphatic hydroxyl groups is 1. The van der Waals surface area contributed by atoms with E-state index in [-0.39, 0.29) is 11.2 Å². The molecule has 0 saturated carbocycles. The van der Waals surface area contributed by atoms with Gasteiger partial charge in [0.2, 0.25) is 0 Å². The molecule has 2 nitrogen and oxygen atoms in total. The van der Waals surface area contributed by atoms with Gasteiger partial charge < -0.3 is 5.11 Å². The Morgan fingerprint density at radius 3 is 2.22 bits per heavy atom. The smallest absolute Gasteiger partial charge is 0.0710 e. The molecule has 18 heavy (non-hydrogen) atoms. The first-order valence-corrected chi connectivity index (χ1v) is 7.84. The van der Waals surface area contributed by atoms with Crippen LogP contribution >= 0.6 is 0 Å². The third-order valence-electron chi connectivity index (χ3n) is 3.17. The fourth-order valence-corrected chi connectivity index (χ4v) is 3.74. The maximum atomic E-state index is 12.5. The zero-order valence-electron chi connectivity index (χ0n) is 11.7. The molecule has 0 fully saturated rings. The van der Waals surface area contributed by atoms with E-state index in [9.17, 15) is 9.32 Å². The van der Waals surface area contributed by atoms with Crippen LogP contribution in [0.15, 0.2) is 29.2 Å². The van der Waals surface area contributed by atoms with Crippen molar-refractivity contribution in [2.24, 2.45) is 5.92 Å². The van der Waals surface area contributed by atoms with Crippen molar-refractivity contribution in [3.63, 3.8) is 0 Å². The maximum absolute atomic E-state index is 12.5. The van der Waals surface area contributed by atoms with Gasteiger partial charge in [0, 0.05) is 4.90 Å². The van der Waals surface area contributed by atoms with E-state index in [2.05, 4.69) is 6.92 Å². The molecule has 102 valence electrons. The Morgan fingerprint density at radius 2 is 1.78 bits per heavy atom. The molecule has 0 radical (unpaired) electrons. The van der Waals surface area contributed by atoms with E-state index in [0.29, 0.717) is 0 Å². The monoisotopic (exact) mass is 268 g/mol. The highest BCUT2D eigenvalue weighted by Crippen LogP contribution is 2.22. The summed E-state index contributed by atoms with van der Waals surface area (Å²) in [6.07, 6.45) is 1.22. The Kier molecular flexibility index (Phi) is 6.03. The van der Waals surface area contributed by atoms with Crippen molar-refractivity contribution in [1.82, 2.24) is 0 Å². The largest absolute Gasteiger partial charge is 0.392 e. The standard InChI is InChI=1S/C15H24O2S/c1-5-6-14(15(16)11(2)3)18(17)13-9-7-12(4)8-10-13/h7-11,14-16H,5-6H2,1-4H3/t14?,15-,18?/m0/s1. The summed E-state index contributed by atoms with van der Waals surface area (Å²) in [7, 11) is -1.13. The minimum atomic E-state index is -1.13. The average Bonchev–Trinajstić information content (AvgIpc) is 2.35. The van der Waals surface area contributed by atoms with Gasteiger partial charge in [-0.25, -0.2) is 0 Å². The first-order valence-electron chi connectivity index (χ1n) is 6.62. The summed E-state index contributed by atoms with van der Waals surface area (Å²) in [6, 6.07) is 7.75. The van der Waals surface area contributed by atoms with Crippen molar-refractivity contribution in [3.8, 4) is 0 Å². The first-order chi connectivity index (χ1) is 8.47. The predicted molar refractivity (Wildman–Crippen MR) is 77.1 cm³/mol. The van der Waals surface area contributed by atoms with Crippen LogP contribution in [0, 0.1) is 12.8 Å². The van der Waals surface area contributed by atoms with Gasteiger partial charge in [-0.1, -0.05) is 44.9 Å². The van der Waals surface area contributed by atoms with Gasteiger partial charge in [-0.15, -0.1) is 0 Å². The Morgan fingerprint density at radius 1 is 1.22 bits per heavy atom. The Bertz CT molecular complexity index is 384. The van der Waals surface area contributed by atoms with Crippen LogP contribution in [0.4, 0.5) is 0 Å². The van der Waals surface area contributed by atoms with Crippen molar-refractivity contribution in [2.45, 2.75) is 56.8 Å². The molecule has 0 spiro atoms. The lowest BCUT2D eigenvalue weighted by molar-refractivity contribution is 0.118. The van der Waals surface area contributed by atoms with Gasteiger partial charge in [0.25, 0.3) is 0 Å². The summed E-state index contributed by atoms with van der Waals surface area (Å²) in [4.78, 5) is 0.818. The highest BCUT2D eigenvalue weighted by Gasteiger charge is 2.27. The Hall–Kier alpha value is -0.670. The lowest BCUT2D eigenvalue weighted by atomic mass is 10.0. The summed E-state index contributed by atoms with van der Waals surface area (Å²) in [6.45, 7) is 8.02. The van der Waals surface area contributed by atoms with Crippen molar-refractivity contribution in [3.05, 3.63) is 29.8 Å². The molecule has 0 saturated heterocycles. The van der Waals surface area contributed by atoms with E-state index in [1.165, 1.54) is 0 Å². The van der Waals surface area contributed by atoms with E-state index in [0.717, 1.165) is 23.3 Å². The van der Waals surface area contributed by atoms with Crippen LogP contribution < -0.4 is 0 Å². The Balaban J connectivity index is 2.92. The van der Waals surface area contributed by atoms with Gasteiger partial charge in [0.1, 0.15) is 0 Å². The van der Waals surface area contributed by atoms with Crippen LogP contribution in [-0.2, 0) is 10.8 Å². The van der Waals surface area contributed by atoms with Crippen LogP contribution in [0.3, 0.4) is 0 Å². The molecule has 1 aromatic carbocycles. The SMILES string of the molecule is CCCC([C@@H](O)C(C)C)S(=O)c1ccc(C)cc1. The molecule has 0 aliphatic heterocycles. The number of hydrogen-bond donors (Lipinski definition) is 1. The van der Waals surface area contributed by atoms with Gasteiger partial charge >= 0.3 is 0 Å². The molecule has 0 aromatic heterocycles. The lowest BCUT2D eigenvalue weighted by Crippen LogP contribution is -2.34. The number of rotatable bonds is 6. The zero-order valence-corrected chi connectivity index (χ0v) is 12.5. The van der Waals surface area contributed by atoms with E-state index in [1.54, 1.807) is 0 Å². The van der Waals surface area contributed by atoms with Crippen molar-refractivity contribution in [2.75, 3.05) is 0 Å². The van der Waals surface area contributed by atoms with Crippen molar-refractivity contribution in [1.29, 1.82) is 0 Å². The summed E-state index contributed by atoms with van der Waals surface area (Å²) < 4.78 is 12.5. The lowest BCUT2D eigenvalue weighted by Gasteiger charge is -2.25. The molecule has 1 rings (SSSR count). The second-order valence-electron chi connectivity index (χ2n) is 5.17. The van der Waals surface area contributed by atoms with Crippen LogP contribution in [-0.4, -0.2) is 20.7 Å². The van der Waals surface area contributed by atoms with Crippen LogP contribution in [0.25, 0.3) is 0 Å². The van der Waals surface area contributed by atoms with E-state index >= 15 is 0 Å². The normalized spacial score (nSPS) is 16.6. The predicted octanol–water partition coefficient (Wildman–Crippen LogP) is 3.29. The molecule has 3 atom stereocenters. The molecule has 0 aliphatic rings. The first kappa shape index (κ1) is 15.4. The van der Waals surface area contributed by atoms with Crippen LogP contribution in [0.2, 0.25) is 0 Å². The van der Waals surface area contributed by atoms with Gasteiger partial charge in [-0.2, -0.15) is 0 Å². The quantitative estimate of drug-likeness (QED) is 0.859. The van der Waals surface area contributed by atoms with Gasteiger partial charge in [0.15, 0.2) is 0 Å². The van der Waals surface area contributed by atoms with E-state index in [4.69, 9.17) is 0 Å². The second kappa shape index (κ2) is 7.05. The molecule has 0 amide bonds. The zero-order chi connectivity index (χ0) is 13.7. The molecule has 1 aromatic rings. The van der Waals surface area contributed by atoms with Crippen LogP contribution in [0.1, 0.15) is 39.2 Å². The van der Waals surface area contributed by atoms with Crippen molar-refractivity contribution < 1.29 is 9.32 Å². The Labute approximate surface area is 113 Å². The minimum absolute atomic E-state index is 0.135. The molecule has 3 heteroatoms. The van der Waals surface area contributed by atoms with E-state index < -0.39 is 16.9 Å². The summed E-state index contributed by atoms with van der Waals surface area (Å²) in [5, 5.41) is 10.0. The number of hydrogen-bond acceptors (Lipinski definition) is 2. The highest BCUT2D eigenvalue weighted by atomic mass is 32.2. The fraction of sp³-hybridized carbons (Fsp3) is 0.600. The number of aryl methyl sites for hydroxylation is 1. The van der Waals surface area contributed by atoms with Gasteiger partial charge in [-0.3, -0.25) is 4.21 Å². The van der Waals surface area contributed by atoms with Gasteiger partial charge in [-0.05, 0) is 31.4 Å². The average molecular weight is 268 g/mol. The molecule has 0 bridgehead atoms. The highest BCUT2D eigenvalue weighted by molar-refractivity contribution is 7.85. The van der Waals surface area contributed by atoms with Gasteiger partial charge in [0.05, 0.1) is 22.2 Å². The number of benzene rings is 1. The molecular weight excluding hydrogens is 244 g/mol. The molecular formula is C15H24O2S. The summed E-state index contributed by atoms with van der Waals surface area (Å²) >= 11 is 0. The molecule has 2 unspecified atom stereocenters. The third kappa shape index (κ3) is 3.92. The van der Waals surface area contributed by atoms with Crippen molar-refractivity contribution >= 4 is 10.8 Å². The topological polar surface area (TPSA) is 37.3 Å². The fourth-order valence-electron chi connectivity index (χ4n) is 1.97. The second-order valence-corrected chi connectivity index (χ2v) is 6.84. The summed E-state index contributed by atoms with van der Waals surface area (Å²) in [5.74, 6) is 0.135.